The van der Waals surface area contributed by atoms with Crippen molar-refractivity contribution in [1.29, 1.82) is 0 Å². The Morgan fingerprint density at radius 2 is 2.00 bits per heavy atom. The molecule has 0 heterocycles. The summed E-state index contributed by atoms with van der Waals surface area (Å²) >= 11 is 0. The van der Waals surface area contributed by atoms with E-state index in [0.717, 1.165) is 0 Å². The third-order valence-corrected chi connectivity index (χ3v) is 3.59. The molecule has 0 saturated heterocycles. The van der Waals surface area contributed by atoms with Crippen LogP contribution in [-0.2, 0) is 19.6 Å². The summed E-state index contributed by atoms with van der Waals surface area (Å²) in [5.41, 5.74) is 6.40. The fourth-order valence-corrected chi connectivity index (χ4v) is 2.09. The van der Waals surface area contributed by atoms with E-state index in [-0.39, 0.29) is 4.90 Å². The van der Waals surface area contributed by atoms with Gasteiger partial charge in [-0.3, -0.25) is 4.79 Å². The first-order valence-electron chi connectivity index (χ1n) is 5.23. The predicted octanol–water partition coefficient (Wildman–Crippen LogP) is 0.143. The molecule has 0 saturated carbocycles. The molecule has 0 aliphatic heterocycles. The molecule has 1 rings (SSSR count). The van der Waals surface area contributed by atoms with Gasteiger partial charge >= 0.3 is 5.97 Å². The summed E-state index contributed by atoms with van der Waals surface area (Å²) in [4.78, 5) is 11.3. The number of hydrogen-bond acceptors (Lipinski definition) is 5. The number of carbonyl (C=O) groups excluding carboxylic acids is 1. The second-order valence-corrected chi connectivity index (χ2v) is 5.52. The highest BCUT2D eigenvalue weighted by Gasteiger charge is 2.23. The molecule has 1 aromatic carbocycles. The largest absolute Gasteiger partial charge is 0.469 e. The van der Waals surface area contributed by atoms with E-state index in [0.29, 0.717) is 5.56 Å². The summed E-state index contributed by atoms with van der Waals surface area (Å²) in [5.74, 6) is -1.03. The third kappa shape index (κ3) is 3.28. The fraction of sp³-hybridized carbons (Fsp3) is 0.364. The molecule has 4 N–H and O–H groups in total. The molecule has 0 amide bonds. The standard InChI is InChI=1S/C11H16N2O4S/c1-7(11(14)17-2)10(12)8-4-3-5-9(6-8)18(13,15)16/h3-7,10H,12H2,1-2H3,(H2,13,15,16). The SMILES string of the molecule is COC(=O)C(C)C(N)c1cccc(S(N)(=O)=O)c1. The summed E-state index contributed by atoms with van der Waals surface area (Å²) in [6.07, 6.45) is 0. The number of sulfonamides is 1. The highest BCUT2D eigenvalue weighted by molar-refractivity contribution is 7.89. The average molecular weight is 272 g/mol. The van der Waals surface area contributed by atoms with Crippen LogP contribution in [0.25, 0.3) is 0 Å². The molecule has 0 bridgehead atoms. The summed E-state index contributed by atoms with van der Waals surface area (Å²) in [6.45, 7) is 1.61. The van der Waals surface area contributed by atoms with Crippen molar-refractivity contribution in [3.05, 3.63) is 29.8 Å². The van der Waals surface area contributed by atoms with Crippen LogP contribution in [0.2, 0.25) is 0 Å². The second kappa shape index (κ2) is 5.47. The molecule has 0 aromatic heterocycles. The zero-order chi connectivity index (χ0) is 13.9. The lowest BCUT2D eigenvalue weighted by molar-refractivity contribution is -0.145. The number of nitrogens with two attached hydrogens (primary N) is 2. The van der Waals surface area contributed by atoms with Crippen molar-refractivity contribution < 1.29 is 17.9 Å². The Labute approximate surface area is 106 Å². The molecule has 0 aliphatic rings. The fourth-order valence-electron chi connectivity index (χ4n) is 1.52. The Morgan fingerprint density at radius 1 is 1.39 bits per heavy atom. The number of primary sulfonamides is 1. The summed E-state index contributed by atoms with van der Waals surface area (Å²) in [5, 5.41) is 5.03. The lowest BCUT2D eigenvalue weighted by Crippen LogP contribution is -2.27. The van der Waals surface area contributed by atoms with Gasteiger partial charge in [0.25, 0.3) is 0 Å². The molecule has 100 valence electrons. The zero-order valence-corrected chi connectivity index (χ0v) is 11.0. The van der Waals surface area contributed by atoms with Crippen molar-refractivity contribution in [3.63, 3.8) is 0 Å². The Hall–Kier alpha value is -1.44. The van der Waals surface area contributed by atoms with E-state index in [1.54, 1.807) is 13.0 Å². The first-order chi connectivity index (χ1) is 8.27. The number of benzene rings is 1. The van der Waals surface area contributed by atoms with E-state index in [9.17, 15) is 13.2 Å². The molecular weight excluding hydrogens is 256 g/mol. The average Bonchev–Trinajstić information content (AvgIpc) is 2.35. The van der Waals surface area contributed by atoms with Gasteiger partial charge in [0.15, 0.2) is 0 Å². The van der Waals surface area contributed by atoms with E-state index in [1.165, 1.54) is 25.3 Å². The number of rotatable bonds is 4. The van der Waals surface area contributed by atoms with Crippen LogP contribution in [0.5, 0.6) is 0 Å². The smallest absolute Gasteiger partial charge is 0.310 e. The number of hydrogen-bond donors (Lipinski definition) is 2. The van der Waals surface area contributed by atoms with Crippen molar-refractivity contribution in [2.45, 2.75) is 17.9 Å². The maximum Gasteiger partial charge on any atom is 0.310 e. The highest BCUT2D eigenvalue weighted by atomic mass is 32.2. The Kier molecular flexibility index (Phi) is 4.44. The second-order valence-electron chi connectivity index (χ2n) is 3.96. The van der Waals surface area contributed by atoms with E-state index >= 15 is 0 Å². The molecule has 0 fully saturated rings. The first kappa shape index (κ1) is 14.6. The first-order valence-corrected chi connectivity index (χ1v) is 6.78. The van der Waals surface area contributed by atoms with Crippen LogP contribution < -0.4 is 10.9 Å². The molecule has 1 aromatic rings. The van der Waals surface area contributed by atoms with Crippen LogP contribution in [0, 0.1) is 5.92 Å². The molecule has 2 atom stereocenters. The van der Waals surface area contributed by atoms with Gasteiger partial charge in [-0.15, -0.1) is 0 Å². The number of carbonyl (C=O) groups is 1. The number of esters is 1. The molecular formula is C11H16N2O4S. The van der Waals surface area contributed by atoms with Gasteiger partial charge in [-0.2, -0.15) is 0 Å². The normalized spacial score (nSPS) is 14.9. The summed E-state index contributed by atoms with van der Waals surface area (Å²) < 4.78 is 27.0. The third-order valence-electron chi connectivity index (χ3n) is 2.68. The minimum absolute atomic E-state index is 0.0347. The van der Waals surface area contributed by atoms with Crippen molar-refractivity contribution >= 4 is 16.0 Å². The molecule has 6 nitrogen and oxygen atoms in total. The minimum atomic E-state index is -3.78. The number of methoxy groups -OCH3 is 1. The Morgan fingerprint density at radius 3 is 2.50 bits per heavy atom. The monoisotopic (exact) mass is 272 g/mol. The zero-order valence-electron chi connectivity index (χ0n) is 10.2. The molecule has 18 heavy (non-hydrogen) atoms. The van der Waals surface area contributed by atoms with Crippen LogP contribution in [0.15, 0.2) is 29.2 Å². The van der Waals surface area contributed by atoms with Crippen molar-refractivity contribution in [2.24, 2.45) is 16.8 Å². The van der Waals surface area contributed by atoms with Gasteiger partial charge in [-0.25, -0.2) is 13.6 Å². The van der Waals surface area contributed by atoms with E-state index in [1.807, 2.05) is 0 Å². The van der Waals surface area contributed by atoms with Gasteiger partial charge in [-0.05, 0) is 17.7 Å². The van der Waals surface area contributed by atoms with Crippen LogP contribution >= 0.6 is 0 Å². The van der Waals surface area contributed by atoms with Crippen LogP contribution in [0.4, 0.5) is 0 Å². The van der Waals surface area contributed by atoms with Crippen molar-refractivity contribution in [3.8, 4) is 0 Å². The maximum atomic E-state index is 11.4. The van der Waals surface area contributed by atoms with Gasteiger partial charge in [0.1, 0.15) is 0 Å². The molecule has 2 unspecified atom stereocenters. The summed E-state index contributed by atoms with van der Waals surface area (Å²) in [6, 6.07) is 5.24. The summed E-state index contributed by atoms with van der Waals surface area (Å²) in [7, 11) is -2.51. The molecule has 0 radical (unpaired) electrons. The molecule has 0 spiro atoms. The van der Waals surface area contributed by atoms with E-state index < -0.39 is 28.0 Å². The Balaban J connectivity index is 3.08. The van der Waals surface area contributed by atoms with E-state index in [2.05, 4.69) is 4.74 Å². The number of ether oxygens (including phenoxy) is 1. The van der Waals surface area contributed by atoms with E-state index in [4.69, 9.17) is 10.9 Å². The van der Waals surface area contributed by atoms with Crippen LogP contribution in [0.1, 0.15) is 18.5 Å². The van der Waals surface area contributed by atoms with Gasteiger partial charge in [-0.1, -0.05) is 19.1 Å². The predicted molar refractivity (Wildman–Crippen MR) is 65.9 cm³/mol. The molecule has 0 aliphatic carbocycles. The Bertz CT molecular complexity index is 542. The van der Waals surface area contributed by atoms with Crippen molar-refractivity contribution in [2.75, 3.05) is 7.11 Å². The maximum absolute atomic E-state index is 11.4. The van der Waals surface area contributed by atoms with Crippen LogP contribution in [-0.4, -0.2) is 21.5 Å². The van der Waals surface area contributed by atoms with Gasteiger partial charge in [0, 0.05) is 6.04 Å². The van der Waals surface area contributed by atoms with Crippen LogP contribution in [0.3, 0.4) is 0 Å². The topological polar surface area (TPSA) is 112 Å². The quantitative estimate of drug-likeness (QED) is 0.757. The van der Waals surface area contributed by atoms with Gasteiger partial charge < -0.3 is 10.5 Å². The highest BCUT2D eigenvalue weighted by Crippen LogP contribution is 2.22. The van der Waals surface area contributed by atoms with Gasteiger partial charge in [0.2, 0.25) is 10.0 Å². The lowest BCUT2D eigenvalue weighted by Gasteiger charge is -2.18. The minimum Gasteiger partial charge on any atom is -0.469 e. The van der Waals surface area contributed by atoms with Crippen molar-refractivity contribution in [1.82, 2.24) is 0 Å². The van der Waals surface area contributed by atoms with Gasteiger partial charge in [0.05, 0.1) is 17.9 Å². The lowest BCUT2D eigenvalue weighted by atomic mass is 9.95. The molecule has 7 heteroatoms.